The van der Waals surface area contributed by atoms with Crippen LogP contribution in [-0.4, -0.2) is 34.9 Å². The molecule has 0 aliphatic carbocycles. The minimum Gasteiger partial charge on any atom is -0.394 e. The van der Waals surface area contributed by atoms with E-state index in [1.54, 1.807) is 0 Å². The van der Waals surface area contributed by atoms with Crippen LogP contribution in [-0.2, 0) is 4.79 Å². The van der Waals surface area contributed by atoms with Crippen LogP contribution in [0.4, 0.5) is 0 Å². The molecule has 1 amide bonds. The van der Waals surface area contributed by atoms with Crippen LogP contribution < -0.4 is 5.32 Å². The number of hydrogen-bond acceptors (Lipinski definition) is 3. The first-order valence-corrected chi connectivity index (χ1v) is 8.73. The van der Waals surface area contributed by atoms with Gasteiger partial charge in [-0.15, -0.1) is 0 Å². The first-order chi connectivity index (χ1) is 10.2. The third-order valence-electron chi connectivity index (χ3n) is 3.84. The fourth-order valence-electron chi connectivity index (χ4n) is 2.46. The predicted molar refractivity (Wildman–Crippen MR) is 87.2 cm³/mol. The summed E-state index contributed by atoms with van der Waals surface area (Å²) in [7, 11) is 0. The quantitative estimate of drug-likeness (QED) is 0.432. The molecule has 0 radical (unpaired) electrons. The number of aliphatic hydroxyl groups is 2. The number of hydrogen-bond donors (Lipinski definition) is 3. The van der Waals surface area contributed by atoms with Gasteiger partial charge in [0.25, 0.3) is 0 Å². The maximum Gasteiger partial charge on any atom is 0.220 e. The van der Waals surface area contributed by atoms with Crippen LogP contribution in [0, 0.1) is 0 Å². The maximum absolute atomic E-state index is 11.5. The van der Waals surface area contributed by atoms with Gasteiger partial charge in [-0.2, -0.15) is 0 Å². The topological polar surface area (TPSA) is 69.6 Å². The summed E-state index contributed by atoms with van der Waals surface area (Å²) in [6.45, 7) is 3.95. The molecule has 3 N–H and O–H groups in total. The molecule has 0 aromatic rings. The second-order valence-corrected chi connectivity index (χ2v) is 5.94. The van der Waals surface area contributed by atoms with Gasteiger partial charge in [-0.1, -0.05) is 65.2 Å². The lowest BCUT2D eigenvalue weighted by molar-refractivity contribution is -0.123. The van der Waals surface area contributed by atoms with E-state index in [1.165, 1.54) is 38.5 Å². The molecule has 0 aliphatic rings. The minimum absolute atomic E-state index is 0.0912. The lowest BCUT2D eigenvalue weighted by Crippen LogP contribution is -2.45. The average molecular weight is 301 g/mol. The summed E-state index contributed by atoms with van der Waals surface area (Å²) in [5.74, 6) is -0.0912. The van der Waals surface area contributed by atoms with E-state index in [2.05, 4.69) is 12.2 Å². The third-order valence-corrected chi connectivity index (χ3v) is 3.84. The second kappa shape index (κ2) is 14.3. The van der Waals surface area contributed by atoms with E-state index < -0.39 is 12.1 Å². The highest BCUT2D eigenvalue weighted by Crippen LogP contribution is 2.12. The molecule has 0 fully saturated rings. The largest absolute Gasteiger partial charge is 0.394 e. The Hall–Kier alpha value is -0.610. The van der Waals surface area contributed by atoms with Gasteiger partial charge in [0.2, 0.25) is 5.91 Å². The van der Waals surface area contributed by atoms with E-state index in [0.717, 1.165) is 19.3 Å². The van der Waals surface area contributed by atoms with Crippen molar-refractivity contribution in [3.63, 3.8) is 0 Å². The molecule has 2 unspecified atom stereocenters. The Morgan fingerprint density at radius 1 is 0.952 bits per heavy atom. The number of aliphatic hydroxyl groups excluding tert-OH is 2. The molecule has 4 nitrogen and oxygen atoms in total. The standard InChI is InChI=1S/C17H35NO3/c1-3-5-6-7-8-9-10-11-13-16(20)15(14-19)18-17(21)12-4-2/h15-16,19-20H,3-14H2,1-2H3,(H,18,21). The zero-order valence-electron chi connectivity index (χ0n) is 13.9. The molecule has 0 aromatic heterocycles. The van der Waals surface area contributed by atoms with Crippen molar-refractivity contribution in [2.24, 2.45) is 0 Å². The van der Waals surface area contributed by atoms with Crippen molar-refractivity contribution < 1.29 is 15.0 Å². The Bertz CT molecular complexity index is 246. The molecular weight excluding hydrogens is 266 g/mol. The van der Waals surface area contributed by atoms with Crippen molar-refractivity contribution in [3.8, 4) is 0 Å². The van der Waals surface area contributed by atoms with Crippen molar-refractivity contribution in [1.29, 1.82) is 0 Å². The Kier molecular flexibility index (Phi) is 13.9. The monoisotopic (exact) mass is 301 g/mol. The highest BCUT2D eigenvalue weighted by molar-refractivity contribution is 5.76. The molecule has 0 aliphatic heterocycles. The summed E-state index contributed by atoms with van der Waals surface area (Å²) in [4.78, 5) is 11.5. The van der Waals surface area contributed by atoms with Gasteiger partial charge in [-0.3, -0.25) is 4.79 Å². The summed E-state index contributed by atoms with van der Waals surface area (Å²) in [6.07, 6.45) is 11.0. The molecule has 0 saturated carbocycles. The maximum atomic E-state index is 11.5. The number of nitrogens with one attached hydrogen (secondary N) is 1. The van der Waals surface area contributed by atoms with Crippen LogP contribution in [0.15, 0.2) is 0 Å². The van der Waals surface area contributed by atoms with Crippen LogP contribution in [0.3, 0.4) is 0 Å². The summed E-state index contributed by atoms with van der Waals surface area (Å²) >= 11 is 0. The number of carbonyl (C=O) groups is 1. The van der Waals surface area contributed by atoms with Crippen LogP contribution in [0.5, 0.6) is 0 Å². The van der Waals surface area contributed by atoms with E-state index >= 15 is 0 Å². The van der Waals surface area contributed by atoms with Gasteiger partial charge in [-0.05, 0) is 12.8 Å². The zero-order valence-corrected chi connectivity index (χ0v) is 13.9. The van der Waals surface area contributed by atoms with E-state index in [4.69, 9.17) is 0 Å². The second-order valence-electron chi connectivity index (χ2n) is 5.94. The van der Waals surface area contributed by atoms with Gasteiger partial charge in [0, 0.05) is 6.42 Å². The fraction of sp³-hybridized carbons (Fsp3) is 0.941. The highest BCUT2D eigenvalue weighted by Gasteiger charge is 2.19. The molecule has 4 heteroatoms. The smallest absolute Gasteiger partial charge is 0.220 e. The first kappa shape index (κ1) is 20.4. The van der Waals surface area contributed by atoms with E-state index in [1.807, 2.05) is 6.92 Å². The van der Waals surface area contributed by atoms with Gasteiger partial charge < -0.3 is 15.5 Å². The normalized spacial score (nSPS) is 13.9. The van der Waals surface area contributed by atoms with Crippen molar-refractivity contribution in [3.05, 3.63) is 0 Å². The predicted octanol–water partition coefficient (Wildman–Crippen LogP) is 3.16. The fourth-order valence-corrected chi connectivity index (χ4v) is 2.46. The number of rotatable bonds is 14. The molecule has 0 aromatic carbocycles. The Balaban J connectivity index is 3.65. The molecule has 126 valence electrons. The van der Waals surface area contributed by atoms with Crippen molar-refractivity contribution in [1.82, 2.24) is 5.32 Å². The average Bonchev–Trinajstić information content (AvgIpc) is 2.47. The SMILES string of the molecule is CCCCCCCCCCC(O)C(CO)NC(=O)CCC. The van der Waals surface area contributed by atoms with Crippen molar-refractivity contribution in [2.75, 3.05) is 6.61 Å². The number of carbonyl (C=O) groups excluding carboxylic acids is 1. The lowest BCUT2D eigenvalue weighted by atomic mass is 10.0. The zero-order chi connectivity index (χ0) is 15.9. The van der Waals surface area contributed by atoms with Gasteiger partial charge in [0.15, 0.2) is 0 Å². The van der Waals surface area contributed by atoms with Gasteiger partial charge in [-0.25, -0.2) is 0 Å². The Morgan fingerprint density at radius 3 is 2.05 bits per heavy atom. The molecule has 2 atom stereocenters. The summed E-state index contributed by atoms with van der Waals surface area (Å²) in [5.41, 5.74) is 0. The van der Waals surface area contributed by atoms with E-state index in [-0.39, 0.29) is 12.5 Å². The van der Waals surface area contributed by atoms with Gasteiger partial charge in [0.1, 0.15) is 0 Å². The van der Waals surface area contributed by atoms with Crippen LogP contribution in [0.2, 0.25) is 0 Å². The van der Waals surface area contributed by atoms with Gasteiger partial charge in [0.05, 0.1) is 18.8 Å². The molecular formula is C17H35NO3. The molecule has 0 rings (SSSR count). The number of unbranched alkanes of at least 4 members (excludes halogenated alkanes) is 7. The molecule has 0 bridgehead atoms. The Labute approximate surface area is 130 Å². The van der Waals surface area contributed by atoms with Gasteiger partial charge >= 0.3 is 0 Å². The molecule has 0 heterocycles. The first-order valence-electron chi connectivity index (χ1n) is 8.73. The summed E-state index contributed by atoms with van der Waals surface area (Å²) < 4.78 is 0. The number of amides is 1. The van der Waals surface area contributed by atoms with Crippen LogP contribution in [0.25, 0.3) is 0 Å². The lowest BCUT2D eigenvalue weighted by Gasteiger charge is -2.22. The molecule has 0 spiro atoms. The van der Waals surface area contributed by atoms with Crippen LogP contribution >= 0.6 is 0 Å². The van der Waals surface area contributed by atoms with Crippen LogP contribution in [0.1, 0.15) is 84.5 Å². The minimum atomic E-state index is -0.643. The molecule has 0 saturated heterocycles. The molecule has 21 heavy (non-hydrogen) atoms. The Morgan fingerprint density at radius 2 is 1.52 bits per heavy atom. The van der Waals surface area contributed by atoms with Crippen molar-refractivity contribution >= 4 is 5.91 Å². The third kappa shape index (κ3) is 11.7. The van der Waals surface area contributed by atoms with Crippen molar-refractivity contribution in [2.45, 2.75) is 96.6 Å². The van der Waals surface area contributed by atoms with E-state index in [0.29, 0.717) is 12.8 Å². The van der Waals surface area contributed by atoms with E-state index in [9.17, 15) is 15.0 Å². The summed E-state index contributed by atoms with van der Waals surface area (Å²) in [6, 6.07) is -0.520. The highest BCUT2D eigenvalue weighted by atomic mass is 16.3. The summed E-state index contributed by atoms with van der Waals surface area (Å²) in [5, 5.41) is 22.0.